The summed E-state index contributed by atoms with van der Waals surface area (Å²) in [7, 11) is -1.20. The predicted molar refractivity (Wildman–Crippen MR) is 101 cm³/mol. The molecule has 1 atom stereocenters. The third-order valence-corrected chi connectivity index (χ3v) is 6.61. The van der Waals surface area contributed by atoms with Crippen molar-refractivity contribution in [1.29, 1.82) is 0 Å². The Morgan fingerprint density at radius 3 is 2.73 bits per heavy atom. The Morgan fingerprint density at radius 2 is 2.04 bits per heavy atom. The van der Waals surface area contributed by atoms with Crippen LogP contribution in [0.4, 0.5) is 11.5 Å². The second kappa shape index (κ2) is 7.03. The summed E-state index contributed by atoms with van der Waals surface area (Å²) in [5.41, 5.74) is 3.07. The first kappa shape index (κ1) is 18.3. The Balaban J connectivity index is 1.78. The number of hydrogen-bond donors (Lipinski definition) is 1. The monoisotopic (exact) mass is 374 g/mol. The minimum absolute atomic E-state index is 0.109. The molecule has 1 aliphatic rings. The first-order valence-electron chi connectivity index (χ1n) is 8.40. The van der Waals surface area contributed by atoms with Crippen molar-refractivity contribution >= 4 is 27.2 Å². The zero-order valence-corrected chi connectivity index (χ0v) is 15.9. The third kappa shape index (κ3) is 3.85. The van der Waals surface area contributed by atoms with Crippen molar-refractivity contribution in [3.63, 3.8) is 0 Å². The number of carbonyl (C=O) groups is 1. The third-order valence-electron chi connectivity index (χ3n) is 4.86. The smallest absolute Gasteiger partial charge is 0.274 e. The molecular formula is C18H22N4O3S. The summed E-state index contributed by atoms with van der Waals surface area (Å²) < 4.78 is 23.4. The van der Waals surface area contributed by atoms with Gasteiger partial charge in [-0.05, 0) is 37.5 Å². The summed E-state index contributed by atoms with van der Waals surface area (Å²) >= 11 is 0. The first-order valence-corrected chi connectivity index (χ1v) is 10.2. The number of sulfone groups is 1. The zero-order valence-electron chi connectivity index (χ0n) is 15.1. The molecule has 2 aromatic rings. The summed E-state index contributed by atoms with van der Waals surface area (Å²) in [6.45, 7) is 3.93. The molecule has 1 unspecified atom stereocenters. The average molecular weight is 374 g/mol. The standard InChI is InChI=1S/C18H22N4O3S/c1-12-5-4-6-15(13(12)2)21-18(23)16-9-17(20-11-19-16)22(3)14-7-8-26(24,25)10-14/h4-6,9,11,14H,7-8,10H2,1-3H3,(H,21,23). The van der Waals surface area contributed by atoms with Gasteiger partial charge in [-0.3, -0.25) is 4.79 Å². The normalized spacial score (nSPS) is 18.5. The molecule has 1 N–H and O–H groups in total. The molecule has 1 fully saturated rings. The quantitative estimate of drug-likeness (QED) is 0.880. The highest BCUT2D eigenvalue weighted by Gasteiger charge is 2.31. The van der Waals surface area contributed by atoms with E-state index >= 15 is 0 Å². The molecule has 0 aliphatic carbocycles. The molecule has 1 amide bonds. The summed E-state index contributed by atoms with van der Waals surface area (Å²) in [5.74, 6) is 0.507. The lowest BCUT2D eigenvalue weighted by Gasteiger charge is -2.24. The van der Waals surface area contributed by atoms with Gasteiger partial charge in [-0.1, -0.05) is 12.1 Å². The molecule has 2 heterocycles. The van der Waals surface area contributed by atoms with Gasteiger partial charge in [-0.15, -0.1) is 0 Å². The molecule has 3 rings (SSSR count). The van der Waals surface area contributed by atoms with Crippen LogP contribution < -0.4 is 10.2 Å². The number of benzene rings is 1. The molecule has 0 radical (unpaired) electrons. The number of aryl methyl sites for hydroxylation is 1. The maximum absolute atomic E-state index is 12.6. The Labute approximate surface area is 153 Å². The number of hydrogen-bond acceptors (Lipinski definition) is 6. The summed E-state index contributed by atoms with van der Waals surface area (Å²) in [5, 5.41) is 2.87. The van der Waals surface area contributed by atoms with Crippen LogP contribution in [0.1, 0.15) is 28.0 Å². The van der Waals surface area contributed by atoms with Crippen LogP contribution in [0.15, 0.2) is 30.6 Å². The minimum atomic E-state index is -2.99. The average Bonchev–Trinajstić information content (AvgIpc) is 2.98. The number of rotatable bonds is 4. The maximum Gasteiger partial charge on any atom is 0.274 e. The van der Waals surface area contributed by atoms with Crippen molar-refractivity contribution in [2.24, 2.45) is 0 Å². The fourth-order valence-electron chi connectivity index (χ4n) is 3.00. The van der Waals surface area contributed by atoms with E-state index in [0.717, 1.165) is 16.8 Å². The van der Waals surface area contributed by atoms with E-state index in [1.54, 1.807) is 18.0 Å². The number of anilines is 2. The van der Waals surface area contributed by atoms with Crippen LogP contribution in [-0.4, -0.2) is 48.9 Å². The lowest BCUT2D eigenvalue weighted by Crippen LogP contribution is -2.33. The molecule has 26 heavy (non-hydrogen) atoms. The lowest BCUT2D eigenvalue weighted by atomic mass is 10.1. The minimum Gasteiger partial charge on any atom is -0.356 e. The fourth-order valence-corrected chi connectivity index (χ4v) is 4.78. The Kier molecular flexibility index (Phi) is 4.95. The molecule has 1 aromatic heterocycles. The van der Waals surface area contributed by atoms with Gasteiger partial charge >= 0.3 is 0 Å². The van der Waals surface area contributed by atoms with Crippen molar-refractivity contribution in [3.05, 3.63) is 47.4 Å². The number of aromatic nitrogens is 2. The van der Waals surface area contributed by atoms with E-state index < -0.39 is 9.84 Å². The molecule has 138 valence electrons. The molecule has 1 aliphatic heterocycles. The highest BCUT2D eigenvalue weighted by atomic mass is 32.2. The molecule has 0 saturated carbocycles. The van der Waals surface area contributed by atoms with E-state index in [-0.39, 0.29) is 29.1 Å². The van der Waals surface area contributed by atoms with Crippen LogP contribution >= 0.6 is 0 Å². The topological polar surface area (TPSA) is 92.3 Å². The van der Waals surface area contributed by atoms with Gasteiger partial charge in [0.1, 0.15) is 17.8 Å². The van der Waals surface area contributed by atoms with Gasteiger partial charge in [0, 0.05) is 24.8 Å². The second-order valence-electron chi connectivity index (χ2n) is 6.63. The molecular weight excluding hydrogens is 352 g/mol. The van der Waals surface area contributed by atoms with Crippen molar-refractivity contribution in [2.45, 2.75) is 26.3 Å². The molecule has 1 aromatic carbocycles. The van der Waals surface area contributed by atoms with E-state index in [9.17, 15) is 13.2 Å². The zero-order chi connectivity index (χ0) is 18.9. The maximum atomic E-state index is 12.6. The van der Waals surface area contributed by atoms with Crippen LogP contribution in [0.5, 0.6) is 0 Å². The van der Waals surface area contributed by atoms with Crippen molar-refractivity contribution in [2.75, 3.05) is 28.8 Å². The van der Waals surface area contributed by atoms with Crippen LogP contribution in [0.2, 0.25) is 0 Å². The van der Waals surface area contributed by atoms with Crippen LogP contribution in [-0.2, 0) is 9.84 Å². The van der Waals surface area contributed by atoms with Gasteiger partial charge in [0.05, 0.1) is 11.5 Å². The summed E-state index contributed by atoms with van der Waals surface area (Å²) in [6, 6.07) is 7.17. The van der Waals surface area contributed by atoms with Gasteiger partial charge < -0.3 is 10.2 Å². The van der Waals surface area contributed by atoms with E-state index in [1.165, 1.54) is 6.33 Å². The molecule has 7 nitrogen and oxygen atoms in total. The lowest BCUT2D eigenvalue weighted by molar-refractivity contribution is 0.102. The first-order chi connectivity index (χ1) is 12.3. The number of nitrogens with zero attached hydrogens (tertiary/aromatic N) is 3. The highest BCUT2D eigenvalue weighted by Crippen LogP contribution is 2.22. The molecule has 8 heteroatoms. The van der Waals surface area contributed by atoms with E-state index in [4.69, 9.17) is 0 Å². The predicted octanol–water partition coefficient (Wildman–Crippen LogP) is 1.97. The SMILES string of the molecule is Cc1cccc(NC(=O)c2cc(N(C)C3CCS(=O)(=O)C3)ncn2)c1C. The van der Waals surface area contributed by atoms with E-state index in [2.05, 4.69) is 15.3 Å². The van der Waals surface area contributed by atoms with Crippen LogP contribution in [0, 0.1) is 13.8 Å². The molecule has 1 saturated heterocycles. The number of carbonyl (C=O) groups excluding carboxylic acids is 1. The molecule has 0 spiro atoms. The van der Waals surface area contributed by atoms with Crippen LogP contribution in [0.25, 0.3) is 0 Å². The van der Waals surface area contributed by atoms with Gasteiger partial charge in [0.15, 0.2) is 9.84 Å². The Hall–Kier alpha value is -2.48. The van der Waals surface area contributed by atoms with E-state index in [1.807, 2.05) is 32.0 Å². The summed E-state index contributed by atoms with van der Waals surface area (Å²) in [6.07, 6.45) is 1.89. The second-order valence-corrected chi connectivity index (χ2v) is 8.86. The highest BCUT2D eigenvalue weighted by molar-refractivity contribution is 7.91. The van der Waals surface area contributed by atoms with Gasteiger partial charge in [-0.2, -0.15) is 0 Å². The van der Waals surface area contributed by atoms with Gasteiger partial charge in [0.25, 0.3) is 5.91 Å². The van der Waals surface area contributed by atoms with Gasteiger partial charge in [0.2, 0.25) is 0 Å². The van der Waals surface area contributed by atoms with Crippen molar-refractivity contribution in [1.82, 2.24) is 9.97 Å². The van der Waals surface area contributed by atoms with E-state index in [0.29, 0.717) is 12.2 Å². The largest absolute Gasteiger partial charge is 0.356 e. The summed E-state index contributed by atoms with van der Waals surface area (Å²) in [4.78, 5) is 22.6. The number of nitrogens with one attached hydrogen (secondary N) is 1. The Morgan fingerprint density at radius 1 is 1.27 bits per heavy atom. The van der Waals surface area contributed by atoms with Crippen LogP contribution in [0.3, 0.4) is 0 Å². The number of amides is 1. The fraction of sp³-hybridized carbons (Fsp3) is 0.389. The van der Waals surface area contributed by atoms with Gasteiger partial charge in [-0.25, -0.2) is 18.4 Å². The Bertz CT molecular complexity index is 943. The van der Waals surface area contributed by atoms with Crippen molar-refractivity contribution < 1.29 is 13.2 Å². The molecule has 0 bridgehead atoms. The van der Waals surface area contributed by atoms with Crippen molar-refractivity contribution in [3.8, 4) is 0 Å².